The SMILES string of the molecule is CC(=O)O.CCc1c(C(=O)O)cccc1C(O)CC. The summed E-state index contributed by atoms with van der Waals surface area (Å²) in [7, 11) is 0. The van der Waals surface area contributed by atoms with E-state index in [0.717, 1.165) is 18.1 Å². The van der Waals surface area contributed by atoms with Crippen molar-refractivity contribution in [3.63, 3.8) is 0 Å². The average Bonchev–Trinajstić information content (AvgIpc) is 2.35. The minimum Gasteiger partial charge on any atom is -0.481 e. The molecule has 0 saturated carbocycles. The molecule has 0 bridgehead atoms. The van der Waals surface area contributed by atoms with Gasteiger partial charge in [-0.05, 0) is 30.0 Å². The molecule has 0 fully saturated rings. The van der Waals surface area contributed by atoms with Gasteiger partial charge in [0.2, 0.25) is 0 Å². The third-order valence-corrected chi connectivity index (χ3v) is 2.54. The lowest BCUT2D eigenvalue weighted by molar-refractivity contribution is -0.134. The molecule has 5 heteroatoms. The summed E-state index contributed by atoms with van der Waals surface area (Å²) < 4.78 is 0. The molecule has 19 heavy (non-hydrogen) atoms. The fraction of sp³-hybridized carbons (Fsp3) is 0.429. The highest BCUT2D eigenvalue weighted by molar-refractivity contribution is 5.89. The lowest BCUT2D eigenvalue weighted by atomic mass is 9.94. The average molecular weight is 268 g/mol. The van der Waals surface area contributed by atoms with E-state index in [1.807, 2.05) is 13.8 Å². The van der Waals surface area contributed by atoms with Crippen LogP contribution in [0.2, 0.25) is 0 Å². The summed E-state index contributed by atoms with van der Waals surface area (Å²) >= 11 is 0. The van der Waals surface area contributed by atoms with Gasteiger partial charge in [-0.25, -0.2) is 4.79 Å². The lowest BCUT2D eigenvalue weighted by Crippen LogP contribution is -2.08. The Bertz CT molecular complexity index is 435. The first-order valence-electron chi connectivity index (χ1n) is 6.07. The molecule has 1 aromatic carbocycles. The molecule has 0 heterocycles. The van der Waals surface area contributed by atoms with Crippen LogP contribution < -0.4 is 0 Å². The van der Waals surface area contributed by atoms with Gasteiger partial charge in [0, 0.05) is 6.92 Å². The number of carbonyl (C=O) groups is 2. The minimum atomic E-state index is -0.933. The molecule has 0 saturated heterocycles. The molecule has 0 aliphatic carbocycles. The van der Waals surface area contributed by atoms with Gasteiger partial charge in [-0.3, -0.25) is 4.79 Å². The monoisotopic (exact) mass is 268 g/mol. The Morgan fingerprint density at radius 3 is 2.11 bits per heavy atom. The van der Waals surface area contributed by atoms with Gasteiger partial charge < -0.3 is 15.3 Å². The molecular weight excluding hydrogens is 248 g/mol. The first-order chi connectivity index (χ1) is 8.84. The van der Waals surface area contributed by atoms with Crippen LogP contribution in [-0.4, -0.2) is 27.3 Å². The smallest absolute Gasteiger partial charge is 0.335 e. The van der Waals surface area contributed by atoms with Crippen LogP contribution in [0, 0.1) is 0 Å². The second-order valence-corrected chi connectivity index (χ2v) is 3.98. The zero-order valence-corrected chi connectivity index (χ0v) is 11.4. The van der Waals surface area contributed by atoms with Crippen LogP contribution in [0.5, 0.6) is 0 Å². The van der Waals surface area contributed by atoms with E-state index in [0.29, 0.717) is 18.4 Å². The number of carboxylic acids is 2. The molecule has 1 unspecified atom stereocenters. The van der Waals surface area contributed by atoms with Crippen molar-refractivity contribution >= 4 is 11.9 Å². The summed E-state index contributed by atoms with van der Waals surface area (Å²) in [6.07, 6.45) is 0.643. The first-order valence-corrected chi connectivity index (χ1v) is 6.07. The Balaban J connectivity index is 0.000000711. The van der Waals surface area contributed by atoms with Crippen LogP contribution in [0.1, 0.15) is 54.8 Å². The molecular formula is C14H20O5. The maximum absolute atomic E-state index is 11.0. The number of carboxylic acid groups (broad SMARTS) is 2. The zero-order valence-electron chi connectivity index (χ0n) is 11.4. The van der Waals surface area contributed by atoms with Crippen LogP contribution >= 0.6 is 0 Å². The minimum absolute atomic E-state index is 0.294. The Kier molecular flexibility index (Phi) is 7.44. The van der Waals surface area contributed by atoms with E-state index in [2.05, 4.69) is 0 Å². The van der Waals surface area contributed by atoms with Crippen LogP contribution in [0.25, 0.3) is 0 Å². The number of hydrogen-bond donors (Lipinski definition) is 3. The van der Waals surface area contributed by atoms with Gasteiger partial charge in [0.15, 0.2) is 0 Å². The van der Waals surface area contributed by atoms with Gasteiger partial charge in [-0.2, -0.15) is 0 Å². The van der Waals surface area contributed by atoms with Crippen LogP contribution in [0.3, 0.4) is 0 Å². The van der Waals surface area contributed by atoms with Crippen LogP contribution in [-0.2, 0) is 11.2 Å². The van der Waals surface area contributed by atoms with Gasteiger partial charge >= 0.3 is 5.97 Å². The molecule has 1 rings (SSSR count). The molecule has 0 radical (unpaired) electrons. The number of rotatable bonds is 4. The molecule has 0 aliphatic rings. The van der Waals surface area contributed by atoms with Gasteiger partial charge in [0.25, 0.3) is 5.97 Å². The summed E-state index contributed by atoms with van der Waals surface area (Å²) in [5, 5.41) is 26.2. The van der Waals surface area contributed by atoms with Crippen molar-refractivity contribution in [3.8, 4) is 0 Å². The third kappa shape index (κ3) is 5.52. The van der Waals surface area contributed by atoms with Crippen molar-refractivity contribution in [1.29, 1.82) is 0 Å². The lowest BCUT2D eigenvalue weighted by Gasteiger charge is -2.14. The molecule has 5 nitrogen and oxygen atoms in total. The van der Waals surface area contributed by atoms with Crippen LogP contribution in [0.15, 0.2) is 18.2 Å². The molecule has 0 aromatic heterocycles. The molecule has 106 valence electrons. The third-order valence-electron chi connectivity index (χ3n) is 2.54. The molecule has 3 N–H and O–H groups in total. The molecule has 1 atom stereocenters. The predicted molar refractivity (Wildman–Crippen MR) is 71.3 cm³/mol. The van der Waals surface area contributed by atoms with E-state index in [1.54, 1.807) is 18.2 Å². The van der Waals surface area contributed by atoms with E-state index >= 15 is 0 Å². The fourth-order valence-electron chi connectivity index (χ4n) is 1.73. The highest BCUT2D eigenvalue weighted by Gasteiger charge is 2.16. The standard InChI is InChI=1S/C12H16O3.C2H4O2/c1-3-8-9(11(13)4-2)6-5-7-10(8)12(14)15;1-2(3)4/h5-7,11,13H,3-4H2,1-2H3,(H,14,15);1H3,(H,3,4). The number of aliphatic hydroxyl groups is 1. The van der Waals surface area contributed by atoms with Crippen molar-refractivity contribution in [3.05, 3.63) is 34.9 Å². The van der Waals surface area contributed by atoms with Crippen molar-refractivity contribution in [2.75, 3.05) is 0 Å². The summed E-state index contributed by atoms with van der Waals surface area (Å²) in [6.45, 7) is 4.85. The topological polar surface area (TPSA) is 94.8 Å². The van der Waals surface area contributed by atoms with Gasteiger partial charge in [0.05, 0.1) is 11.7 Å². The van der Waals surface area contributed by atoms with Gasteiger partial charge in [-0.1, -0.05) is 26.0 Å². The number of benzene rings is 1. The highest BCUT2D eigenvalue weighted by atomic mass is 16.4. The Morgan fingerprint density at radius 2 is 1.74 bits per heavy atom. The van der Waals surface area contributed by atoms with E-state index in [9.17, 15) is 9.90 Å². The van der Waals surface area contributed by atoms with Crippen molar-refractivity contribution < 1.29 is 24.9 Å². The molecule has 0 spiro atoms. The Morgan fingerprint density at radius 1 is 1.21 bits per heavy atom. The van der Waals surface area contributed by atoms with E-state index in [4.69, 9.17) is 15.0 Å². The van der Waals surface area contributed by atoms with Gasteiger partial charge in [-0.15, -0.1) is 0 Å². The zero-order chi connectivity index (χ0) is 15.0. The Hall–Kier alpha value is -1.88. The maximum Gasteiger partial charge on any atom is 0.335 e. The predicted octanol–water partition coefficient (Wildman–Crippen LogP) is 2.48. The van der Waals surface area contributed by atoms with Crippen molar-refractivity contribution in [2.24, 2.45) is 0 Å². The van der Waals surface area contributed by atoms with E-state index in [-0.39, 0.29) is 0 Å². The quantitative estimate of drug-likeness (QED) is 0.779. The Labute approximate surface area is 112 Å². The van der Waals surface area contributed by atoms with Crippen molar-refractivity contribution in [2.45, 2.75) is 39.7 Å². The first kappa shape index (κ1) is 17.1. The summed E-state index contributed by atoms with van der Waals surface area (Å²) in [6, 6.07) is 5.04. The largest absolute Gasteiger partial charge is 0.481 e. The summed E-state index contributed by atoms with van der Waals surface area (Å²) in [4.78, 5) is 20.0. The second-order valence-electron chi connectivity index (χ2n) is 3.98. The normalized spacial score (nSPS) is 11.2. The molecule has 0 aliphatic heterocycles. The van der Waals surface area contributed by atoms with E-state index in [1.165, 1.54) is 0 Å². The van der Waals surface area contributed by atoms with Crippen LogP contribution in [0.4, 0.5) is 0 Å². The molecule has 1 aromatic rings. The molecule has 0 amide bonds. The fourth-order valence-corrected chi connectivity index (χ4v) is 1.73. The highest BCUT2D eigenvalue weighted by Crippen LogP contribution is 2.24. The number of aliphatic hydroxyl groups excluding tert-OH is 1. The number of aliphatic carboxylic acids is 1. The summed E-state index contributed by atoms with van der Waals surface area (Å²) in [5.74, 6) is -1.77. The van der Waals surface area contributed by atoms with Crippen molar-refractivity contribution in [1.82, 2.24) is 0 Å². The maximum atomic E-state index is 11.0. The number of hydrogen-bond acceptors (Lipinski definition) is 3. The van der Waals surface area contributed by atoms with E-state index < -0.39 is 18.0 Å². The van der Waals surface area contributed by atoms with Gasteiger partial charge in [0.1, 0.15) is 0 Å². The second kappa shape index (κ2) is 8.26. The number of aromatic carboxylic acids is 1. The summed E-state index contributed by atoms with van der Waals surface area (Å²) in [5.41, 5.74) is 1.77.